The molecule has 4 aromatic heterocycles. The highest BCUT2D eigenvalue weighted by atomic mass is 32.2. The van der Waals surface area contributed by atoms with Crippen molar-refractivity contribution in [3.05, 3.63) is 72.1 Å². The molecule has 13 nitrogen and oxygen atoms in total. The van der Waals surface area contributed by atoms with Crippen LogP contribution in [0.5, 0.6) is 0 Å². The zero-order chi connectivity index (χ0) is 30.0. The fourth-order valence-electron chi connectivity index (χ4n) is 4.85. The summed E-state index contributed by atoms with van der Waals surface area (Å²) in [6, 6.07) is 13.5. The highest BCUT2D eigenvalue weighted by Gasteiger charge is 2.49. The van der Waals surface area contributed by atoms with Gasteiger partial charge in [0, 0.05) is 31.0 Å². The van der Waals surface area contributed by atoms with E-state index in [4.69, 9.17) is 9.72 Å². The van der Waals surface area contributed by atoms with Crippen molar-refractivity contribution in [1.82, 2.24) is 33.8 Å². The lowest BCUT2D eigenvalue weighted by atomic mass is 9.89. The number of benzene rings is 1. The molecule has 1 aliphatic heterocycles. The third-order valence-electron chi connectivity index (χ3n) is 7.18. The summed E-state index contributed by atoms with van der Waals surface area (Å²) in [5, 5.41) is 23.4. The number of hydrogen-bond donors (Lipinski definition) is 1. The standard InChI is InChI=1S/C28H27N9O4S2/c1-2-43(39,40)36-18-28(19-36,9-10-29)37-14-21(12-31-37)25-26-23(8-11-42-26)33-27(34-25)32-22-13-30-35(15-22)16-24(38)41-17-20-6-4-3-5-7-20/h3-8,11-15H,2,9,16-19H2,1H3,(H,32,33,34). The summed E-state index contributed by atoms with van der Waals surface area (Å²) in [6.07, 6.45) is 6.83. The average molecular weight is 618 g/mol. The summed E-state index contributed by atoms with van der Waals surface area (Å²) in [5.41, 5.74) is 2.85. The summed E-state index contributed by atoms with van der Waals surface area (Å²) in [7, 11) is -3.36. The minimum atomic E-state index is -3.36. The van der Waals surface area contributed by atoms with Crippen molar-refractivity contribution in [3.8, 4) is 17.3 Å². The van der Waals surface area contributed by atoms with Crippen LogP contribution in [-0.4, -0.2) is 67.1 Å². The third-order valence-corrected chi connectivity index (χ3v) is 9.86. The molecule has 0 bridgehead atoms. The Hall–Kier alpha value is -4.65. The number of esters is 1. The Balaban J connectivity index is 1.18. The van der Waals surface area contributed by atoms with Crippen molar-refractivity contribution in [2.24, 2.45) is 0 Å². The summed E-state index contributed by atoms with van der Waals surface area (Å²) in [4.78, 5) is 21.7. The molecule has 1 N–H and O–H groups in total. The molecule has 0 unspecified atom stereocenters. The number of nitriles is 1. The molecule has 5 heterocycles. The van der Waals surface area contributed by atoms with E-state index >= 15 is 0 Å². The number of aromatic nitrogens is 6. The zero-order valence-electron chi connectivity index (χ0n) is 23.1. The van der Waals surface area contributed by atoms with E-state index in [1.807, 2.05) is 41.8 Å². The Morgan fingerprint density at radius 3 is 2.72 bits per heavy atom. The van der Waals surface area contributed by atoms with Gasteiger partial charge in [-0.05, 0) is 23.9 Å². The number of hydrogen-bond acceptors (Lipinski definition) is 11. The van der Waals surface area contributed by atoms with Gasteiger partial charge in [-0.25, -0.2) is 18.4 Å². The first-order chi connectivity index (χ1) is 20.8. The van der Waals surface area contributed by atoms with Gasteiger partial charge in [-0.2, -0.15) is 19.8 Å². The van der Waals surface area contributed by atoms with Crippen molar-refractivity contribution in [3.63, 3.8) is 0 Å². The van der Waals surface area contributed by atoms with Crippen molar-refractivity contribution in [2.75, 3.05) is 24.2 Å². The predicted octanol–water partition coefficient (Wildman–Crippen LogP) is 3.51. The minimum Gasteiger partial charge on any atom is -0.459 e. The van der Waals surface area contributed by atoms with Crippen LogP contribution in [0.25, 0.3) is 21.5 Å². The molecule has 6 rings (SSSR count). The Kier molecular flexibility index (Phi) is 7.65. The Morgan fingerprint density at radius 1 is 1.14 bits per heavy atom. The van der Waals surface area contributed by atoms with Crippen LogP contribution in [0.15, 0.2) is 66.6 Å². The van der Waals surface area contributed by atoms with E-state index in [2.05, 4.69) is 26.6 Å². The molecule has 1 fully saturated rings. The van der Waals surface area contributed by atoms with E-state index in [1.54, 1.807) is 36.4 Å². The SMILES string of the molecule is CCS(=O)(=O)N1CC(CC#N)(n2cc(-c3nc(Nc4cnn(CC(=O)OCc5ccccc5)c4)nc4ccsc34)cn2)C1. The van der Waals surface area contributed by atoms with Gasteiger partial charge in [0.1, 0.15) is 18.7 Å². The van der Waals surface area contributed by atoms with E-state index < -0.39 is 21.5 Å². The lowest BCUT2D eigenvalue weighted by Crippen LogP contribution is -2.64. The van der Waals surface area contributed by atoms with Crippen LogP contribution in [0.1, 0.15) is 18.9 Å². The van der Waals surface area contributed by atoms with Crippen LogP contribution in [0.2, 0.25) is 0 Å². The molecule has 15 heteroatoms. The highest BCUT2D eigenvalue weighted by molar-refractivity contribution is 7.89. The molecule has 220 valence electrons. The maximum absolute atomic E-state index is 12.3. The number of carbonyl (C=O) groups excluding carboxylic acids is 1. The number of anilines is 2. The van der Waals surface area contributed by atoms with Crippen LogP contribution in [-0.2, 0) is 38.2 Å². The molecule has 1 aliphatic rings. The molecule has 1 saturated heterocycles. The van der Waals surface area contributed by atoms with Crippen molar-refractivity contribution in [2.45, 2.75) is 32.0 Å². The quantitative estimate of drug-likeness (QED) is 0.217. The van der Waals surface area contributed by atoms with E-state index in [1.165, 1.54) is 20.3 Å². The zero-order valence-corrected chi connectivity index (χ0v) is 24.8. The Labute approximate surface area is 251 Å². The maximum atomic E-state index is 12.3. The second-order valence-corrected chi connectivity index (χ2v) is 13.3. The molecule has 5 aromatic rings. The van der Waals surface area contributed by atoms with Crippen LogP contribution in [0, 0.1) is 11.3 Å². The molecule has 0 atom stereocenters. The maximum Gasteiger partial charge on any atom is 0.328 e. The molecular formula is C28H27N9O4S2. The lowest BCUT2D eigenvalue weighted by Gasteiger charge is -2.47. The largest absolute Gasteiger partial charge is 0.459 e. The lowest BCUT2D eigenvalue weighted by molar-refractivity contribution is -0.145. The minimum absolute atomic E-state index is 0.00428. The van der Waals surface area contributed by atoms with Gasteiger partial charge in [0.15, 0.2) is 0 Å². The first-order valence-electron chi connectivity index (χ1n) is 13.4. The summed E-state index contributed by atoms with van der Waals surface area (Å²) in [6.45, 7) is 2.11. The number of thiophene rings is 1. The Morgan fingerprint density at radius 2 is 1.95 bits per heavy atom. The van der Waals surface area contributed by atoms with Crippen molar-refractivity contribution < 1.29 is 17.9 Å². The molecule has 0 saturated carbocycles. The second kappa shape index (κ2) is 11.6. The number of nitrogens with one attached hydrogen (secondary N) is 1. The van der Waals surface area contributed by atoms with E-state index in [9.17, 15) is 18.5 Å². The number of rotatable bonds is 11. The predicted molar refractivity (Wildman–Crippen MR) is 160 cm³/mol. The first-order valence-corrected chi connectivity index (χ1v) is 15.9. The van der Waals surface area contributed by atoms with E-state index in [-0.39, 0.29) is 38.4 Å². The average Bonchev–Trinajstić information content (AvgIpc) is 3.75. The van der Waals surface area contributed by atoms with Crippen LogP contribution >= 0.6 is 11.3 Å². The molecular weight excluding hydrogens is 591 g/mol. The van der Waals surface area contributed by atoms with Gasteiger partial charge in [0.2, 0.25) is 16.0 Å². The van der Waals surface area contributed by atoms with Crippen molar-refractivity contribution >= 4 is 49.2 Å². The van der Waals surface area contributed by atoms with Gasteiger partial charge in [0.05, 0.1) is 52.2 Å². The fraction of sp³-hybridized carbons (Fsp3) is 0.286. The summed E-state index contributed by atoms with van der Waals surface area (Å²) >= 11 is 1.49. The van der Waals surface area contributed by atoms with Gasteiger partial charge in [-0.3, -0.25) is 14.2 Å². The number of carbonyl (C=O) groups is 1. The van der Waals surface area contributed by atoms with Gasteiger partial charge in [0.25, 0.3) is 0 Å². The molecule has 0 aliphatic carbocycles. The Bertz CT molecular complexity index is 1920. The smallest absolute Gasteiger partial charge is 0.328 e. The first kappa shape index (κ1) is 28.5. The second-order valence-electron chi connectivity index (χ2n) is 10.1. The third kappa shape index (κ3) is 5.85. The van der Waals surface area contributed by atoms with E-state index in [0.29, 0.717) is 22.9 Å². The van der Waals surface area contributed by atoms with Crippen molar-refractivity contribution in [1.29, 1.82) is 5.26 Å². The molecule has 43 heavy (non-hydrogen) atoms. The van der Waals surface area contributed by atoms with E-state index in [0.717, 1.165) is 15.8 Å². The van der Waals surface area contributed by atoms with Crippen LogP contribution < -0.4 is 5.32 Å². The van der Waals surface area contributed by atoms with Gasteiger partial charge in [-0.1, -0.05) is 30.3 Å². The fourth-order valence-corrected chi connectivity index (χ4v) is 6.94. The van der Waals surface area contributed by atoms with Gasteiger partial charge < -0.3 is 10.1 Å². The molecule has 1 aromatic carbocycles. The van der Waals surface area contributed by atoms with Crippen LogP contribution in [0.4, 0.5) is 11.6 Å². The number of sulfonamides is 1. The molecule has 0 amide bonds. The van der Waals surface area contributed by atoms with Crippen LogP contribution in [0.3, 0.4) is 0 Å². The topological polar surface area (TPSA) is 161 Å². The number of ether oxygens (including phenoxy) is 1. The number of fused-ring (bicyclic) bond motifs is 1. The van der Waals surface area contributed by atoms with Gasteiger partial charge >= 0.3 is 5.97 Å². The molecule has 0 spiro atoms. The monoisotopic (exact) mass is 617 g/mol. The molecule has 0 radical (unpaired) electrons. The summed E-state index contributed by atoms with van der Waals surface area (Å²) < 4.78 is 35.4. The normalized spacial score (nSPS) is 14.7. The highest BCUT2D eigenvalue weighted by Crippen LogP contribution is 2.37. The summed E-state index contributed by atoms with van der Waals surface area (Å²) in [5.74, 6) is -0.0788. The number of nitrogens with zero attached hydrogens (tertiary/aromatic N) is 8. The van der Waals surface area contributed by atoms with Gasteiger partial charge in [-0.15, -0.1) is 11.3 Å².